The van der Waals surface area contributed by atoms with E-state index >= 15 is 0 Å². The Balaban J connectivity index is 1.62. The molecule has 0 unspecified atom stereocenters. The normalized spacial score (nSPS) is 12.8. The van der Waals surface area contributed by atoms with Crippen LogP contribution in [0.2, 0.25) is 0 Å². The molecule has 0 radical (unpaired) electrons. The Kier molecular flexibility index (Phi) is 6.06. The Labute approximate surface area is 192 Å². The molecule has 9 heteroatoms. The molecule has 0 fully saturated rings. The van der Waals surface area contributed by atoms with Gasteiger partial charge in [0.1, 0.15) is 5.75 Å². The number of carbonyl (C=O) groups excluding carboxylic acids is 2. The lowest BCUT2D eigenvalue weighted by molar-refractivity contribution is -0.118. The standard InChI is InChI=1S/C24H23N3O5S/c1-3-27(19-7-5-4-6-8-19)33(30,31)22-13-17(10-9-16(22)2)24(29)25-18-11-12-21-20(14-18)26-23(28)15-32-21/h4-14H,3,15H2,1-2H3,(H,25,29)(H,26,28). The summed E-state index contributed by atoms with van der Waals surface area (Å²) >= 11 is 0. The molecule has 2 N–H and O–H groups in total. The van der Waals surface area contributed by atoms with E-state index in [0.29, 0.717) is 28.4 Å². The summed E-state index contributed by atoms with van der Waals surface area (Å²) in [4.78, 5) is 24.5. The SMILES string of the molecule is CCN(c1ccccc1)S(=O)(=O)c1cc(C(=O)Nc2ccc3c(c2)NC(=O)CO3)ccc1C. The third-order valence-corrected chi connectivity index (χ3v) is 7.26. The molecule has 0 aliphatic carbocycles. The first-order valence-corrected chi connectivity index (χ1v) is 11.8. The number of carbonyl (C=O) groups is 2. The summed E-state index contributed by atoms with van der Waals surface area (Å²) in [6.45, 7) is 3.64. The Bertz CT molecular complexity index is 1320. The first-order valence-electron chi connectivity index (χ1n) is 10.4. The van der Waals surface area contributed by atoms with Crippen molar-refractivity contribution in [3.05, 3.63) is 77.9 Å². The first kappa shape index (κ1) is 22.3. The number of fused-ring (bicyclic) bond motifs is 1. The van der Waals surface area contributed by atoms with Crippen LogP contribution in [0.4, 0.5) is 17.1 Å². The van der Waals surface area contributed by atoms with Crippen LogP contribution in [-0.4, -0.2) is 33.4 Å². The van der Waals surface area contributed by atoms with Gasteiger partial charge in [-0.3, -0.25) is 13.9 Å². The maximum absolute atomic E-state index is 13.4. The van der Waals surface area contributed by atoms with Crippen LogP contribution < -0.4 is 19.7 Å². The highest BCUT2D eigenvalue weighted by atomic mass is 32.2. The van der Waals surface area contributed by atoms with Crippen molar-refractivity contribution in [3.63, 3.8) is 0 Å². The smallest absolute Gasteiger partial charge is 0.264 e. The van der Waals surface area contributed by atoms with Crippen molar-refractivity contribution in [1.82, 2.24) is 0 Å². The van der Waals surface area contributed by atoms with Crippen molar-refractivity contribution < 1.29 is 22.7 Å². The topological polar surface area (TPSA) is 105 Å². The number of amides is 2. The summed E-state index contributed by atoms with van der Waals surface area (Å²) in [6, 6.07) is 18.3. The molecule has 0 aromatic heterocycles. The van der Waals surface area contributed by atoms with Gasteiger partial charge >= 0.3 is 0 Å². The number of sulfonamides is 1. The Morgan fingerprint density at radius 3 is 2.58 bits per heavy atom. The number of nitrogens with zero attached hydrogens (tertiary/aromatic N) is 1. The summed E-state index contributed by atoms with van der Waals surface area (Å²) in [5.74, 6) is -0.243. The Morgan fingerprint density at radius 1 is 1.09 bits per heavy atom. The van der Waals surface area contributed by atoms with Crippen molar-refractivity contribution in [2.24, 2.45) is 0 Å². The molecule has 33 heavy (non-hydrogen) atoms. The van der Waals surface area contributed by atoms with Crippen molar-refractivity contribution >= 4 is 38.9 Å². The average Bonchev–Trinajstić information content (AvgIpc) is 2.80. The van der Waals surface area contributed by atoms with Gasteiger partial charge in [0.05, 0.1) is 16.3 Å². The van der Waals surface area contributed by atoms with Gasteiger partial charge in [-0.2, -0.15) is 0 Å². The molecule has 1 aliphatic heterocycles. The second kappa shape index (κ2) is 8.95. The lowest BCUT2D eigenvalue weighted by Gasteiger charge is -2.24. The van der Waals surface area contributed by atoms with Gasteiger partial charge in [-0.1, -0.05) is 24.3 Å². The predicted octanol–water partition coefficient (Wildman–Crippen LogP) is 3.79. The van der Waals surface area contributed by atoms with E-state index in [9.17, 15) is 18.0 Å². The number of nitrogens with one attached hydrogen (secondary N) is 2. The number of ether oxygens (including phenoxy) is 1. The van der Waals surface area contributed by atoms with E-state index in [0.717, 1.165) is 0 Å². The number of benzene rings is 3. The average molecular weight is 466 g/mol. The molecular formula is C24H23N3O5S. The molecule has 1 heterocycles. The fourth-order valence-corrected chi connectivity index (χ4v) is 5.32. The second-order valence-electron chi connectivity index (χ2n) is 7.49. The number of hydrogen-bond donors (Lipinski definition) is 2. The predicted molar refractivity (Wildman–Crippen MR) is 126 cm³/mol. The van der Waals surface area contributed by atoms with Gasteiger partial charge in [0.15, 0.2) is 6.61 Å². The van der Waals surface area contributed by atoms with Gasteiger partial charge in [-0.15, -0.1) is 0 Å². The zero-order valence-corrected chi connectivity index (χ0v) is 19.0. The molecule has 0 bridgehead atoms. The summed E-state index contributed by atoms with van der Waals surface area (Å²) in [6.07, 6.45) is 0. The molecule has 0 atom stereocenters. The van der Waals surface area contributed by atoms with E-state index in [1.807, 2.05) is 6.07 Å². The van der Waals surface area contributed by atoms with Crippen LogP contribution in [0.3, 0.4) is 0 Å². The lowest BCUT2D eigenvalue weighted by atomic mass is 10.1. The molecule has 4 rings (SSSR count). The summed E-state index contributed by atoms with van der Waals surface area (Å²) in [5.41, 5.74) is 2.18. The highest BCUT2D eigenvalue weighted by molar-refractivity contribution is 7.92. The molecule has 0 spiro atoms. The van der Waals surface area contributed by atoms with E-state index in [1.54, 1.807) is 68.4 Å². The van der Waals surface area contributed by atoms with Crippen molar-refractivity contribution in [1.29, 1.82) is 0 Å². The molecule has 8 nitrogen and oxygen atoms in total. The van der Waals surface area contributed by atoms with Gasteiger partial charge < -0.3 is 15.4 Å². The Hall–Kier alpha value is -3.85. The lowest BCUT2D eigenvalue weighted by Crippen LogP contribution is -2.31. The van der Waals surface area contributed by atoms with Gasteiger partial charge in [-0.25, -0.2) is 8.42 Å². The zero-order valence-electron chi connectivity index (χ0n) is 18.2. The van der Waals surface area contributed by atoms with Gasteiger partial charge in [-0.05, 0) is 61.9 Å². The van der Waals surface area contributed by atoms with Crippen LogP contribution in [0.25, 0.3) is 0 Å². The summed E-state index contributed by atoms with van der Waals surface area (Å²) in [7, 11) is -3.89. The van der Waals surface area contributed by atoms with Crippen LogP contribution >= 0.6 is 0 Å². The molecule has 3 aromatic rings. The Morgan fingerprint density at radius 2 is 1.85 bits per heavy atom. The van der Waals surface area contributed by atoms with Crippen molar-refractivity contribution in [3.8, 4) is 5.75 Å². The summed E-state index contributed by atoms with van der Waals surface area (Å²) < 4.78 is 33.5. The van der Waals surface area contributed by atoms with Gasteiger partial charge in [0.2, 0.25) is 0 Å². The summed E-state index contributed by atoms with van der Waals surface area (Å²) in [5, 5.41) is 5.43. The first-order chi connectivity index (χ1) is 15.8. The highest BCUT2D eigenvalue weighted by Gasteiger charge is 2.26. The fourth-order valence-electron chi connectivity index (χ4n) is 3.59. The quantitative estimate of drug-likeness (QED) is 0.576. The van der Waals surface area contributed by atoms with Crippen LogP contribution in [0, 0.1) is 6.92 Å². The minimum Gasteiger partial charge on any atom is -0.482 e. The van der Waals surface area contributed by atoms with Crippen LogP contribution in [0.15, 0.2) is 71.6 Å². The largest absolute Gasteiger partial charge is 0.482 e. The van der Waals surface area contributed by atoms with Gasteiger partial charge in [0.25, 0.3) is 21.8 Å². The third-order valence-electron chi connectivity index (χ3n) is 5.22. The molecule has 170 valence electrons. The van der Waals surface area contributed by atoms with Crippen molar-refractivity contribution in [2.45, 2.75) is 18.7 Å². The third kappa shape index (κ3) is 4.54. The number of para-hydroxylation sites is 1. The van der Waals surface area contributed by atoms with E-state index in [4.69, 9.17) is 4.74 Å². The van der Waals surface area contributed by atoms with E-state index in [2.05, 4.69) is 10.6 Å². The minimum atomic E-state index is -3.89. The number of aryl methyl sites for hydroxylation is 1. The second-order valence-corrected chi connectivity index (χ2v) is 9.32. The number of anilines is 3. The molecule has 2 amide bonds. The van der Waals surface area contributed by atoms with E-state index in [1.165, 1.54) is 10.4 Å². The van der Waals surface area contributed by atoms with Crippen LogP contribution in [-0.2, 0) is 14.8 Å². The highest BCUT2D eigenvalue weighted by Crippen LogP contribution is 2.31. The number of rotatable bonds is 6. The van der Waals surface area contributed by atoms with E-state index < -0.39 is 15.9 Å². The van der Waals surface area contributed by atoms with Crippen LogP contribution in [0.1, 0.15) is 22.8 Å². The zero-order chi connectivity index (χ0) is 23.6. The molecule has 3 aromatic carbocycles. The maximum Gasteiger partial charge on any atom is 0.264 e. The molecule has 0 saturated heterocycles. The van der Waals surface area contributed by atoms with Crippen molar-refractivity contribution in [2.75, 3.05) is 28.1 Å². The minimum absolute atomic E-state index is 0.0585. The van der Waals surface area contributed by atoms with Crippen LogP contribution in [0.5, 0.6) is 5.75 Å². The van der Waals surface area contributed by atoms with E-state index in [-0.39, 0.29) is 29.5 Å². The fraction of sp³-hybridized carbons (Fsp3) is 0.167. The molecule has 1 aliphatic rings. The maximum atomic E-state index is 13.4. The van der Waals surface area contributed by atoms with Gasteiger partial charge in [0, 0.05) is 17.8 Å². The molecular weight excluding hydrogens is 442 g/mol. The molecule has 0 saturated carbocycles. The monoisotopic (exact) mass is 465 g/mol. The number of hydrogen-bond acceptors (Lipinski definition) is 5.